The van der Waals surface area contributed by atoms with Gasteiger partial charge in [-0.1, -0.05) is 30.3 Å². The van der Waals surface area contributed by atoms with E-state index >= 15 is 0 Å². The van der Waals surface area contributed by atoms with Crippen LogP contribution >= 0.6 is 0 Å². The first-order valence-electron chi connectivity index (χ1n) is 11.1. The lowest BCUT2D eigenvalue weighted by atomic mass is 10.1. The Morgan fingerprint density at radius 3 is 2.47 bits per heavy atom. The molecule has 8 nitrogen and oxygen atoms in total. The molecule has 4 rings (SSSR count). The Hall–Kier alpha value is -4.47. The highest BCUT2D eigenvalue weighted by atomic mass is 19.2. The van der Waals surface area contributed by atoms with E-state index in [9.17, 15) is 13.6 Å². The zero-order valence-corrected chi connectivity index (χ0v) is 19.7. The van der Waals surface area contributed by atoms with Crippen LogP contribution in [0.2, 0.25) is 0 Å². The van der Waals surface area contributed by atoms with Crippen LogP contribution in [0.25, 0.3) is 17.1 Å². The number of carboxylic acid groups (broad SMARTS) is 1. The summed E-state index contributed by atoms with van der Waals surface area (Å²) in [6.45, 7) is 0.427. The Labute approximate surface area is 206 Å². The summed E-state index contributed by atoms with van der Waals surface area (Å²) in [4.78, 5) is 15.4. The summed E-state index contributed by atoms with van der Waals surface area (Å²) in [5.74, 6) is -1.44. The number of rotatable bonds is 10. The number of nitrogens with one attached hydrogen (secondary N) is 1. The van der Waals surface area contributed by atoms with Crippen LogP contribution in [-0.2, 0) is 17.6 Å². The molecule has 4 aromatic rings. The molecule has 0 saturated heterocycles. The van der Waals surface area contributed by atoms with Crippen LogP contribution < -0.4 is 14.8 Å². The summed E-state index contributed by atoms with van der Waals surface area (Å²) in [6, 6.07) is 16.0. The maximum atomic E-state index is 14.7. The lowest BCUT2D eigenvalue weighted by Gasteiger charge is -2.12. The molecular weight excluding hydrogens is 470 g/mol. The minimum Gasteiger partial charge on any atom is -0.493 e. The van der Waals surface area contributed by atoms with Crippen LogP contribution in [0.3, 0.4) is 0 Å². The summed E-state index contributed by atoms with van der Waals surface area (Å²) in [7, 11) is 3.14. The molecule has 0 radical (unpaired) electrons. The topological polar surface area (TPSA) is 98.5 Å². The second kappa shape index (κ2) is 10.9. The Morgan fingerprint density at radius 2 is 1.78 bits per heavy atom. The molecule has 0 bridgehead atoms. The van der Waals surface area contributed by atoms with Crippen LogP contribution in [0, 0.1) is 11.6 Å². The van der Waals surface area contributed by atoms with Gasteiger partial charge >= 0.3 is 5.97 Å². The maximum Gasteiger partial charge on any atom is 0.307 e. The van der Waals surface area contributed by atoms with Crippen molar-refractivity contribution >= 4 is 11.9 Å². The SMILES string of the molecule is COc1cccc(CCNc2nc(-c3cccc(F)c3F)n(-c3ccc(CC(=O)O)cc3)n2)c1OC. The van der Waals surface area contributed by atoms with E-state index in [1.807, 2.05) is 12.1 Å². The van der Waals surface area contributed by atoms with Gasteiger partial charge in [-0.05, 0) is 47.9 Å². The molecule has 3 aromatic carbocycles. The number of nitrogens with zero attached hydrogens (tertiary/aromatic N) is 3. The molecule has 0 spiro atoms. The summed E-state index contributed by atoms with van der Waals surface area (Å²) in [5, 5.41) is 16.6. The molecule has 0 atom stereocenters. The van der Waals surface area contributed by atoms with E-state index < -0.39 is 17.6 Å². The minimum absolute atomic E-state index is 0.0559. The Bertz CT molecular complexity index is 1370. The quantitative estimate of drug-likeness (QED) is 0.335. The predicted molar refractivity (Wildman–Crippen MR) is 130 cm³/mol. The number of carboxylic acids is 1. The smallest absolute Gasteiger partial charge is 0.307 e. The number of carbonyl (C=O) groups is 1. The van der Waals surface area contributed by atoms with E-state index in [4.69, 9.17) is 14.6 Å². The van der Waals surface area contributed by atoms with Gasteiger partial charge in [0.15, 0.2) is 29.0 Å². The molecule has 0 aliphatic rings. The molecule has 1 heterocycles. The van der Waals surface area contributed by atoms with Gasteiger partial charge < -0.3 is 19.9 Å². The minimum atomic E-state index is -1.04. The number of methoxy groups -OCH3 is 2. The van der Waals surface area contributed by atoms with Gasteiger partial charge in [0.2, 0.25) is 5.95 Å². The zero-order valence-electron chi connectivity index (χ0n) is 19.7. The van der Waals surface area contributed by atoms with Crippen LogP contribution in [0.4, 0.5) is 14.7 Å². The number of aromatic nitrogens is 3. The van der Waals surface area contributed by atoms with E-state index in [1.54, 1.807) is 44.6 Å². The van der Waals surface area contributed by atoms with Gasteiger partial charge in [0.25, 0.3) is 0 Å². The van der Waals surface area contributed by atoms with Crippen molar-refractivity contribution in [3.63, 3.8) is 0 Å². The monoisotopic (exact) mass is 494 g/mol. The predicted octanol–water partition coefficient (Wildman–Crippen LogP) is 4.51. The lowest BCUT2D eigenvalue weighted by molar-refractivity contribution is -0.136. The Balaban J connectivity index is 1.63. The summed E-state index contributed by atoms with van der Waals surface area (Å²) >= 11 is 0. The number of anilines is 1. The summed E-state index contributed by atoms with van der Waals surface area (Å²) < 4.78 is 40.8. The van der Waals surface area contributed by atoms with Crippen molar-refractivity contribution in [1.82, 2.24) is 14.8 Å². The second-order valence-electron chi connectivity index (χ2n) is 7.84. The highest BCUT2D eigenvalue weighted by molar-refractivity contribution is 5.70. The number of hydrogen-bond acceptors (Lipinski definition) is 6. The van der Waals surface area contributed by atoms with Gasteiger partial charge in [0, 0.05) is 6.54 Å². The average molecular weight is 494 g/mol. The molecule has 2 N–H and O–H groups in total. The third-order valence-corrected chi connectivity index (χ3v) is 5.50. The van der Waals surface area contributed by atoms with Gasteiger partial charge in [-0.25, -0.2) is 13.5 Å². The van der Waals surface area contributed by atoms with Crippen molar-refractivity contribution in [3.8, 4) is 28.6 Å². The second-order valence-corrected chi connectivity index (χ2v) is 7.84. The highest BCUT2D eigenvalue weighted by Gasteiger charge is 2.19. The summed E-state index contributed by atoms with van der Waals surface area (Å²) in [6.07, 6.45) is 0.423. The van der Waals surface area contributed by atoms with Crippen LogP contribution in [0.15, 0.2) is 60.7 Å². The fourth-order valence-electron chi connectivity index (χ4n) is 3.81. The molecule has 186 valence electrons. The van der Waals surface area contributed by atoms with Gasteiger partial charge in [-0.2, -0.15) is 4.98 Å². The highest BCUT2D eigenvalue weighted by Crippen LogP contribution is 2.31. The molecule has 36 heavy (non-hydrogen) atoms. The molecule has 0 amide bonds. The van der Waals surface area contributed by atoms with Crippen molar-refractivity contribution in [2.75, 3.05) is 26.1 Å². The van der Waals surface area contributed by atoms with E-state index in [2.05, 4.69) is 15.4 Å². The van der Waals surface area contributed by atoms with Crippen molar-refractivity contribution in [2.45, 2.75) is 12.8 Å². The number of hydrogen-bond donors (Lipinski definition) is 2. The lowest BCUT2D eigenvalue weighted by Crippen LogP contribution is -2.08. The van der Waals surface area contributed by atoms with E-state index in [-0.39, 0.29) is 23.8 Å². The molecule has 0 aliphatic carbocycles. The molecule has 0 fully saturated rings. The van der Waals surface area contributed by atoms with E-state index in [0.29, 0.717) is 35.7 Å². The van der Waals surface area contributed by atoms with Gasteiger partial charge in [0.1, 0.15) is 0 Å². The first-order chi connectivity index (χ1) is 17.4. The van der Waals surface area contributed by atoms with Gasteiger partial charge in [0.05, 0.1) is 31.9 Å². The summed E-state index contributed by atoms with van der Waals surface area (Å²) in [5.41, 5.74) is 1.96. The molecular formula is C26H24F2N4O4. The fourth-order valence-corrected chi connectivity index (χ4v) is 3.81. The Morgan fingerprint density at radius 1 is 1.03 bits per heavy atom. The molecule has 1 aromatic heterocycles. The van der Waals surface area contributed by atoms with Crippen LogP contribution in [0.5, 0.6) is 11.5 Å². The number of benzene rings is 3. The Kier molecular flexibility index (Phi) is 7.43. The van der Waals surface area contributed by atoms with Crippen molar-refractivity contribution < 1.29 is 28.2 Å². The maximum absolute atomic E-state index is 14.7. The molecule has 0 aliphatic heterocycles. The number of halogens is 2. The van der Waals surface area contributed by atoms with Crippen molar-refractivity contribution in [1.29, 1.82) is 0 Å². The average Bonchev–Trinajstić information content (AvgIpc) is 3.29. The third-order valence-electron chi connectivity index (χ3n) is 5.50. The third kappa shape index (κ3) is 5.27. The largest absolute Gasteiger partial charge is 0.493 e. The van der Waals surface area contributed by atoms with Crippen molar-refractivity contribution in [2.24, 2.45) is 0 Å². The first kappa shape index (κ1) is 24.6. The number of para-hydroxylation sites is 1. The van der Waals surface area contributed by atoms with E-state index in [1.165, 1.54) is 16.8 Å². The number of aliphatic carboxylic acids is 1. The fraction of sp³-hybridized carbons (Fsp3) is 0.192. The first-order valence-corrected chi connectivity index (χ1v) is 11.1. The molecule has 0 unspecified atom stereocenters. The molecule has 10 heteroatoms. The zero-order chi connectivity index (χ0) is 25.7. The van der Waals surface area contributed by atoms with Crippen molar-refractivity contribution in [3.05, 3.63) is 83.4 Å². The molecule has 0 saturated carbocycles. The van der Waals surface area contributed by atoms with Crippen LogP contribution in [0.1, 0.15) is 11.1 Å². The van der Waals surface area contributed by atoms with Gasteiger partial charge in [-0.3, -0.25) is 4.79 Å². The van der Waals surface area contributed by atoms with E-state index in [0.717, 1.165) is 11.6 Å². The van der Waals surface area contributed by atoms with Gasteiger partial charge in [-0.15, -0.1) is 5.10 Å². The normalized spacial score (nSPS) is 10.8. The standard InChI is InChI=1S/C26H24F2N4O4/c1-35-21-8-3-5-17(24(21)36-2)13-14-29-26-30-25(19-6-4-7-20(27)23(19)28)32(31-26)18-11-9-16(10-12-18)15-22(33)34/h3-12H,13-15H2,1-2H3,(H,29,31)(H,33,34). The van der Waals surface area contributed by atoms with Crippen LogP contribution in [-0.4, -0.2) is 46.6 Å². The number of ether oxygens (including phenoxy) is 2.